The Labute approximate surface area is 159 Å². The molecule has 0 spiro atoms. The number of hydrogen-bond acceptors (Lipinski definition) is 3. The second kappa shape index (κ2) is 7.02. The molecule has 140 valence electrons. The van der Waals surface area contributed by atoms with Gasteiger partial charge in [0.25, 0.3) is 0 Å². The number of hydrogen-bond donors (Lipinski definition) is 1. The smallest absolute Gasteiger partial charge is 0.321 e. The number of carbonyl (C=O) groups is 1. The molecular formula is C21H25N5O. The lowest BCUT2D eigenvalue weighted by Crippen LogP contribution is -2.33. The Hall–Kier alpha value is -2.89. The van der Waals surface area contributed by atoms with E-state index in [1.807, 2.05) is 43.0 Å². The molecule has 1 aliphatic heterocycles. The summed E-state index contributed by atoms with van der Waals surface area (Å²) in [7, 11) is 0. The summed E-state index contributed by atoms with van der Waals surface area (Å²) in [6.07, 6.45) is 2.72. The molecule has 6 heteroatoms. The van der Waals surface area contributed by atoms with Crippen molar-refractivity contribution in [1.29, 1.82) is 0 Å². The molecule has 1 N–H and O–H groups in total. The van der Waals surface area contributed by atoms with Gasteiger partial charge in [0.15, 0.2) is 5.65 Å². The molecule has 3 aromatic rings. The monoisotopic (exact) mass is 363 g/mol. The lowest BCUT2D eigenvalue weighted by molar-refractivity contribution is 0.222. The number of carbonyl (C=O) groups excluding carboxylic acids is 1. The van der Waals surface area contributed by atoms with Gasteiger partial charge in [-0.25, -0.2) is 14.8 Å². The zero-order chi connectivity index (χ0) is 19.0. The van der Waals surface area contributed by atoms with E-state index in [9.17, 15) is 4.79 Å². The quantitative estimate of drug-likeness (QED) is 0.762. The molecule has 0 aliphatic carbocycles. The largest absolute Gasteiger partial charge is 0.324 e. The number of amides is 2. The summed E-state index contributed by atoms with van der Waals surface area (Å²) in [6, 6.07) is 9.97. The molecule has 1 aromatic carbocycles. The van der Waals surface area contributed by atoms with Crippen LogP contribution in [0.15, 0.2) is 36.5 Å². The highest BCUT2D eigenvalue weighted by molar-refractivity contribution is 5.89. The first-order valence-corrected chi connectivity index (χ1v) is 9.50. The average Bonchev–Trinajstić information content (AvgIpc) is 3.25. The summed E-state index contributed by atoms with van der Waals surface area (Å²) in [5, 5.41) is 3.04. The zero-order valence-corrected chi connectivity index (χ0v) is 16.1. The Kier molecular flexibility index (Phi) is 4.56. The first-order chi connectivity index (χ1) is 13.0. The number of imidazole rings is 1. The average molecular weight is 363 g/mol. The van der Waals surface area contributed by atoms with Crippen molar-refractivity contribution >= 4 is 22.9 Å². The van der Waals surface area contributed by atoms with Gasteiger partial charge in [-0.2, -0.15) is 0 Å². The van der Waals surface area contributed by atoms with E-state index in [4.69, 9.17) is 4.98 Å². The van der Waals surface area contributed by atoms with E-state index in [0.29, 0.717) is 6.54 Å². The van der Waals surface area contributed by atoms with Gasteiger partial charge in [0, 0.05) is 37.4 Å². The van der Waals surface area contributed by atoms with Crippen LogP contribution in [0, 0.1) is 13.8 Å². The summed E-state index contributed by atoms with van der Waals surface area (Å²) in [5.41, 5.74) is 4.99. The molecule has 1 saturated heterocycles. The van der Waals surface area contributed by atoms with E-state index < -0.39 is 0 Å². The third kappa shape index (κ3) is 3.39. The summed E-state index contributed by atoms with van der Waals surface area (Å²) in [5.74, 6) is 1.28. The molecule has 0 bridgehead atoms. The van der Waals surface area contributed by atoms with Crippen molar-refractivity contribution in [3.63, 3.8) is 0 Å². The van der Waals surface area contributed by atoms with E-state index in [2.05, 4.69) is 27.9 Å². The van der Waals surface area contributed by atoms with Crippen LogP contribution in [0.4, 0.5) is 10.5 Å². The fourth-order valence-corrected chi connectivity index (χ4v) is 4.00. The minimum atomic E-state index is -0.0419. The number of benzene rings is 1. The number of likely N-dealkylation sites (tertiary alicyclic amines) is 1. The Balaban J connectivity index is 1.51. The summed E-state index contributed by atoms with van der Waals surface area (Å²) in [4.78, 5) is 23.9. The first kappa shape index (κ1) is 17.5. The Morgan fingerprint density at radius 3 is 2.78 bits per heavy atom. The molecule has 27 heavy (non-hydrogen) atoms. The number of anilines is 1. The number of nitrogens with zero attached hydrogens (tertiary/aromatic N) is 4. The van der Waals surface area contributed by atoms with Crippen molar-refractivity contribution in [1.82, 2.24) is 19.4 Å². The molecule has 0 radical (unpaired) electrons. The maximum absolute atomic E-state index is 12.7. The summed E-state index contributed by atoms with van der Waals surface area (Å²) >= 11 is 0. The molecule has 0 saturated carbocycles. The minimum absolute atomic E-state index is 0.0419. The standard InChI is InChI=1S/C21H25N5O/c1-4-26-19(24-18-6-5-8-22-20(18)26)16-7-9-25(13-16)21(27)23-17-11-14(2)10-15(3)12-17/h5-6,8,10-12,16H,4,7,9,13H2,1-3H3,(H,23,27). The van der Waals surface area contributed by atoms with Crippen LogP contribution in [0.25, 0.3) is 11.2 Å². The van der Waals surface area contributed by atoms with Gasteiger partial charge in [-0.3, -0.25) is 0 Å². The van der Waals surface area contributed by atoms with Crippen molar-refractivity contribution in [3.05, 3.63) is 53.5 Å². The highest BCUT2D eigenvalue weighted by atomic mass is 16.2. The first-order valence-electron chi connectivity index (χ1n) is 9.50. The fourth-order valence-electron chi connectivity index (χ4n) is 4.00. The molecule has 2 amide bonds. The van der Waals surface area contributed by atoms with Crippen LogP contribution in [-0.4, -0.2) is 38.6 Å². The Bertz CT molecular complexity index is 973. The highest BCUT2D eigenvalue weighted by Gasteiger charge is 2.31. The molecule has 2 aromatic heterocycles. The maximum atomic E-state index is 12.7. The number of fused-ring (bicyclic) bond motifs is 1. The van der Waals surface area contributed by atoms with Crippen molar-refractivity contribution in [2.75, 3.05) is 18.4 Å². The van der Waals surface area contributed by atoms with Crippen molar-refractivity contribution in [2.24, 2.45) is 0 Å². The second-order valence-electron chi connectivity index (χ2n) is 7.30. The predicted molar refractivity (Wildman–Crippen MR) is 107 cm³/mol. The second-order valence-corrected chi connectivity index (χ2v) is 7.30. The molecule has 1 atom stereocenters. The summed E-state index contributed by atoms with van der Waals surface area (Å²) < 4.78 is 2.17. The fraction of sp³-hybridized carbons (Fsp3) is 0.381. The van der Waals surface area contributed by atoms with Gasteiger partial charge < -0.3 is 14.8 Å². The van der Waals surface area contributed by atoms with Gasteiger partial charge >= 0.3 is 6.03 Å². The van der Waals surface area contributed by atoms with E-state index in [-0.39, 0.29) is 11.9 Å². The van der Waals surface area contributed by atoms with Crippen LogP contribution in [0.2, 0.25) is 0 Å². The maximum Gasteiger partial charge on any atom is 0.321 e. The van der Waals surface area contributed by atoms with Crippen LogP contribution >= 0.6 is 0 Å². The van der Waals surface area contributed by atoms with Gasteiger partial charge in [-0.1, -0.05) is 6.07 Å². The number of aromatic nitrogens is 3. The molecule has 3 heterocycles. The molecule has 1 aliphatic rings. The highest BCUT2D eigenvalue weighted by Crippen LogP contribution is 2.29. The molecule has 4 rings (SSSR count). The number of aryl methyl sites for hydroxylation is 3. The van der Waals surface area contributed by atoms with E-state index in [1.165, 1.54) is 0 Å². The van der Waals surface area contributed by atoms with E-state index in [1.54, 1.807) is 6.20 Å². The Morgan fingerprint density at radius 2 is 2.04 bits per heavy atom. The van der Waals surface area contributed by atoms with Gasteiger partial charge in [0.2, 0.25) is 0 Å². The zero-order valence-electron chi connectivity index (χ0n) is 16.1. The Morgan fingerprint density at radius 1 is 1.26 bits per heavy atom. The lowest BCUT2D eigenvalue weighted by Gasteiger charge is -2.18. The van der Waals surface area contributed by atoms with Crippen LogP contribution in [0.1, 0.15) is 36.2 Å². The number of rotatable bonds is 3. The van der Waals surface area contributed by atoms with Crippen molar-refractivity contribution in [3.8, 4) is 0 Å². The predicted octanol–water partition coefficient (Wildman–Crippen LogP) is 4.09. The van der Waals surface area contributed by atoms with Crippen molar-refractivity contribution in [2.45, 2.75) is 39.7 Å². The molecule has 1 fully saturated rings. The third-order valence-electron chi connectivity index (χ3n) is 5.16. The third-order valence-corrected chi connectivity index (χ3v) is 5.16. The normalized spacial score (nSPS) is 16.9. The van der Waals surface area contributed by atoms with Gasteiger partial charge in [0.05, 0.1) is 0 Å². The van der Waals surface area contributed by atoms with Crippen LogP contribution in [0.3, 0.4) is 0 Å². The molecule has 1 unspecified atom stereocenters. The van der Waals surface area contributed by atoms with Crippen LogP contribution in [-0.2, 0) is 6.54 Å². The molecular weight excluding hydrogens is 338 g/mol. The topological polar surface area (TPSA) is 63.1 Å². The number of nitrogens with one attached hydrogen (secondary N) is 1. The number of urea groups is 1. The minimum Gasteiger partial charge on any atom is -0.324 e. The molecule has 6 nitrogen and oxygen atoms in total. The van der Waals surface area contributed by atoms with E-state index in [0.717, 1.165) is 53.3 Å². The van der Waals surface area contributed by atoms with E-state index >= 15 is 0 Å². The SMILES string of the molecule is CCn1c(C2CCN(C(=O)Nc3cc(C)cc(C)c3)C2)nc2cccnc21. The van der Waals surface area contributed by atoms with Crippen LogP contribution < -0.4 is 5.32 Å². The van der Waals surface area contributed by atoms with Gasteiger partial charge in [-0.05, 0) is 62.6 Å². The van der Waals surface area contributed by atoms with Crippen LogP contribution in [0.5, 0.6) is 0 Å². The lowest BCUT2D eigenvalue weighted by atomic mass is 10.1. The van der Waals surface area contributed by atoms with Crippen molar-refractivity contribution < 1.29 is 4.79 Å². The van der Waals surface area contributed by atoms with Gasteiger partial charge in [0.1, 0.15) is 11.3 Å². The summed E-state index contributed by atoms with van der Waals surface area (Å²) in [6.45, 7) is 8.43. The van der Waals surface area contributed by atoms with Gasteiger partial charge in [-0.15, -0.1) is 0 Å². The number of pyridine rings is 1.